The number of aromatic nitrogens is 1. The molecule has 4 heteroatoms. The Hall–Kier alpha value is -2.49. The van der Waals surface area contributed by atoms with Gasteiger partial charge in [-0.25, -0.2) is 0 Å². The maximum atomic E-state index is 5.57. The summed E-state index contributed by atoms with van der Waals surface area (Å²) in [6.07, 6.45) is 3.11. The Labute approximate surface area is 159 Å². The molecule has 0 saturated heterocycles. The van der Waals surface area contributed by atoms with Crippen molar-refractivity contribution >= 4 is 34.1 Å². The van der Waals surface area contributed by atoms with Gasteiger partial charge in [0.25, 0.3) is 0 Å². The van der Waals surface area contributed by atoms with Crippen molar-refractivity contribution in [1.82, 2.24) is 10.3 Å². The number of hydrogen-bond acceptors (Lipinski definition) is 2. The van der Waals surface area contributed by atoms with Crippen LogP contribution in [0.2, 0.25) is 0 Å². The summed E-state index contributed by atoms with van der Waals surface area (Å²) in [5, 5.41) is 7.39. The van der Waals surface area contributed by atoms with Crippen LogP contribution in [0.4, 0.5) is 0 Å². The molecule has 1 aromatic heterocycles. The second-order valence-corrected chi connectivity index (χ2v) is 6.25. The zero-order chi connectivity index (χ0) is 17.1. The van der Waals surface area contributed by atoms with Gasteiger partial charge in [-0.05, 0) is 41.4 Å². The maximum absolute atomic E-state index is 5.57. The second-order valence-electron chi connectivity index (χ2n) is 6.25. The number of fused-ring (bicyclic) bond motifs is 2. The van der Waals surface area contributed by atoms with Crippen LogP contribution in [0, 0.1) is 0 Å². The Kier molecular flexibility index (Phi) is 5.82. The molecule has 1 heterocycles. The summed E-state index contributed by atoms with van der Waals surface area (Å²) in [7, 11) is 1.74. The normalized spacial score (nSPS) is 10.8. The highest BCUT2D eigenvalue weighted by Crippen LogP contribution is 2.27. The predicted octanol–water partition coefficient (Wildman–Crippen LogP) is 5.08. The fourth-order valence-electron chi connectivity index (χ4n) is 3.46. The van der Waals surface area contributed by atoms with E-state index in [0.29, 0.717) is 0 Å². The van der Waals surface area contributed by atoms with Crippen LogP contribution in [0.3, 0.4) is 0 Å². The molecule has 0 aliphatic rings. The van der Waals surface area contributed by atoms with Crippen molar-refractivity contribution in [2.24, 2.45) is 0 Å². The number of benzene rings is 3. The largest absolute Gasteiger partial charge is 0.496 e. The fourth-order valence-corrected chi connectivity index (χ4v) is 3.46. The van der Waals surface area contributed by atoms with E-state index in [2.05, 4.69) is 77.2 Å². The molecular weight excluding hydrogens is 344 g/mol. The average molecular weight is 367 g/mol. The third-order valence-corrected chi connectivity index (χ3v) is 4.77. The van der Waals surface area contributed by atoms with Crippen LogP contribution >= 0.6 is 12.4 Å². The molecule has 0 spiro atoms. The van der Waals surface area contributed by atoms with Crippen molar-refractivity contribution in [3.63, 3.8) is 0 Å². The SMILES string of the molecule is COc1ccc2ccccc2c1CNCCc1c[nH]c2ccccc12.Cl. The van der Waals surface area contributed by atoms with E-state index in [1.165, 1.54) is 32.8 Å². The highest BCUT2D eigenvalue weighted by molar-refractivity contribution is 5.87. The molecule has 0 atom stereocenters. The lowest BCUT2D eigenvalue weighted by molar-refractivity contribution is 0.409. The summed E-state index contributed by atoms with van der Waals surface area (Å²) >= 11 is 0. The predicted molar refractivity (Wildman–Crippen MR) is 111 cm³/mol. The van der Waals surface area contributed by atoms with Gasteiger partial charge in [0, 0.05) is 29.2 Å². The molecule has 134 valence electrons. The lowest BCUT2D eigenvalue weighted by Crippen LogP contribution is -2.17. The molecule has 0 amide bonds. The summed E-state index contributed by atoms with van der Waals surface area (Å²) in [4.78, 5) is 3.34. The summed E-state index contributed by atoms with van der Waals surface area (Å²) in [6.45, 7) is 1.72. The fraction of sp³-hybridized carbons (Fsp3) is 0.182. The minimum atomic E-state index is 0. The van der Waals surface area contributed by atoms with Crippen molar-refractivity contribution in [3.05, 3.63) is 78.0 Å². The van der Waals surface area contributed by atoms with E-state index in [1.54, 1.807) is 7.11 Å². The lowest BCUT2D eigenvalue weighted by Gasteiger charge is -2.13. The average Bonchev–Trinajstić information content (AvgIpc) is 3.08. The van der Waals surface area contributed by atoms with E-state index in [1.807, 2.05) is 0 Å². The molecule has 0 fully saturated rings. The molecule has 4 rings (SSSR count). The second kappa shape index (κ2) is 8.26. The number of para-hydroxylation sites is 1. The molecule has 0 aliphatic carbocycles. The van der Waals surface area contributed by atoms with Gasteiger partial charge in [-0.1, -0.05) is 48.5 Å². The zero-order valence-corrected chi connectivity index (χ0v) is 15.6. The number of H-pyrrole nitrogens is 1. The first-order chi connectivity index (χ1) is 12.4. The molecule has 3 aromatic carbocycles. The Balaban J connectivity index is 0.00000196. The van der Waals surface area contributed by atoms with E-state index < -0.39 is 0 Å². The van der Waals surface area contributed by atoms with Crippen molar-refractivity contribution in [3.8, 4) is 5.75 Å². The van der Waals surface area contributed by atoms with E-state index in [-0.39, 0.29) is 12.4 Å². The van der Waals surface area contributed by atoms with Crippen LogP contribution in [0.5, 0.6) is 5.75 Å². The van der Waals surface area contributed by atoms with Crippen LogP contribution in [-0.4, -0.2) is 18.6 Å². The molecule has 2 N–H and O–H groups in total. The number of aromatic amines is 1. The van der Waals surface area contributed by atoms with E-state index >= 15 is 0 Å². The minimum Gasteiger partial charge on any atom is -0.496 e. The first-order valence-corrected chi connectivity index (χ1v) is 8.67. The monoisotopic (exact) mass is 366 g/mol. The van der Waals surface area contributed by atoms with E-state index in [9.17, 15) is 0 Å². The number of rotatable bonds is 6. The summed E-state index contributed by atoms with van der Waals surface area (Å²) < 4.78 is 5.57. The topological polar surface area (TPSA) is 37.0 Å². The third-order valence-electron chi connectivity index (χ3n) is 4.77. The smallest absolute Gasteiger partial charge is 0.123 e. The van der Waals surface area contributed by atoms with E-state index in [4.69, 9.17) is 4.74 Å². The molecule has 0 aliphatic heterocycles. The maximum Gasteiger partial charge on any atom is 0.123 e. The van der Waals surface area contributed by atoms with Crippen LogP contribution < -0.4 is 10.1 Å². The summed E-state index contributed by atoms with van der Waals surface area (Å²) in [5.41, 5.74) is 3.78. The van der Waals surface area contributed by atoms with Gasteiger partial charge in [0.2, 0.25) is 0 Å². The lowest BCUT2D eigenvalue weighted by atomic mass is 10.0. The quantitative estimate of drug-likeness (QED) is 0.467. The molecular formula is C22H23ClN2O. The highest BCUT2D eigenvalue weighted by Gasteiger charge is 2.08. The Morgan fingerprint density at radius 2 is 1.69 bits per heavy atom. The zero-order valence-electron chi connectivity index (χ0n) is 14.8. The first-order valence-electron chi connectivity index (χ1n) is 8.67. The third kappa shape index (κ3) is 3.55. The van der Waals surface area contributed by atoms with Gasteiger partial charge >= 0.3 is 0 Å². The molecule has 0 radical (unpaired) electrons. The van der Waals surface area contributed by atoms with Crippen molar-refractivity contribution in [2.45, 2.75) is 13.0 Å². The summed E-state index contributed by atoms with van der Waals surface area (Å²) in [6, 6.07) is 21.1. The van der Waals surface area contributed by atoms with Gasteiger partial charge in [0.05, 0.1) is 7.11 Å². The highest BCUT2D eigenvalue weighted by atomic mass is 35.5. The van der Waals surface area contributed by atoms with E-state index in [0.717, 1.165) is 25.3 Å². The number of ether oxygens (including phenoxy) is 1. The first kappa shape index (κ1) is 18.3. The van der Waals surface area contributed by atoms with Crippen LogP contribution in [0.25, 0.3) is 21.7 Å². The van der Waals surface area contributed by atoms with Crippen LogP contribution in [0.15, 0.2) is 66.9 Å². The van der Waals surface area contributed by atoms with Crippen molar-refractivity contribution < 1.29 is 4.74 Å². The number of halogens is 1. The number of nitrogens with one attached hydrogen (secondary N) is 2. The summed E-state index contributed by atoms with van der Waals surface area (Å²) in [5.74, 6) is 0.943. The van der Waals surface area contributed by atoms with Gasteiger partial charge < -0.3 is 15.0 Å². The Bertz CT molecular complexity index is 1010. The van der Waals surface area contributed by atoms with Gasteiger partial charge in [0.15, 0.2) is 0 Å². The number of hydrogen-bond donors (Lipinski definition) is 2. The molecule has 0 saturated carbocycles. The molecule has 4 aromatic rings. The van der Waals surface area contributed by atoms with Gasteiger partial charge in [0.1, 0.15) is 5.75 Å². The van der Waals surface area contributed by atoms with Crippen LogP contribution in [0.1, 0.15) is 11.1 Å². The molecule has 0 bridgehead atoms. The van der Waals surface area contributed by atoms with Crippen molar-refractivity contribution in [2.75, 3.05) is 13.7 Å². The van der Waals surface area contributed by atoms with Gasteiger partial charge in [-0.3, -0.25) is 0 Å². The van der Waals surface area contributed by atoms with Crippen LogP contribution in [-0.2, 0) is 13.0 Å². The molecule has 26 heavy (non-hydrogen) atoms. The molecule has 0 unspecified atom stereocenters. The minimum absolute atomic E-state index is 0. The van der Waals surface area contributed by atoms with Crippen molar-refractivity contribution in [1.29, 1.82) is 0 Å². The number of methoxy groups -OCH3 is 1. The Morgan fingerprint density at radius 1 is 0.923 bits per heavy atom. The molecule has 3 nitrogen and oxygen atoms in total. The van der Waals surface area contributed by atoms with Gasteiger partial charge in [-0.2, -0.15) is 0 Å². The standard InChI is InChI=1S/C22H22N2O.ClH/c1-25-22-11-10-16-6-2-3-7-18(16)20(22)15-23-13-12-17-14-24-21-9-5-4-8-19(17)21;/h2-11,14,23-24H,12-13,15H2,1H3;1H. The Morgan fingerprint density at radius 3 is 2.54 bits per heavy atom. The van der Waals surface area contributed by atoms with Gasteiger partial charge in [-0.15, -0.1) is 12.4 Å².